The van der Waals surface area contributed by atoms with Crippen molar-refractivity contribution in [1.82, 2.24) is 4.90 Å². The van der Waals surface area contributed by atoms with Crippen LogP contribution >= 0.6 is 15.9 Å². The molecule has 0 saturated carbocycles. The van der Waals surface area contributed by atoms with Crippen LogP contribution < -0.4 is 4.74 Å². The normalized spacial score (nSPS) is 10.0. The fourth-order valence-corrected chi connectivity index (χ4v) is 1.94. The lowest BCUT2D eigenvalue weighted by molar-refractivity contribution is -0.131. The Morgan fingerprint density at radius 2 is 2.32 bits per heavy atom. The molecule has 0 unspecified atom stereocenters. The summed E-state index contributed by atoms with van der Waals surface area (Å²) in [6.45, 7) is 4.62. The van der Waals surface area contributed by atoms with Gasteiger partial charge in [-0.2, -0.15) is 0 Å². The highest BCUT2D eigenvalue weighted by molar-refractivity contribution is 9.10. The average molecular weight is 328 g/mol. The van der Waals surface area contributed by atoms with E-state index in [2.05, 4.69) is 22.5 Å². The third-order valence-corrected chi connectivity index (χ3v) is 2.95. The van der Waals surface area contributed by atoms with Gasteiger partial charge in [0, 0.05) is 17.6 Å². The molecule has 0 heterocycles. The molecule has 1 rings (SSSR count). The van der Waals surface area contributed by atoms with Crippen LogP contribution in [0.3, 0.4) is 0 Å². The zero-order valence-electron chi connectivity index (χ0n) is 10.7. The molecule has 0 aromatic heterocycles. The van der Waals surface area contributed by atoms with Crippen LogP contribution in [0, 0.1) is 0 Å². The molecule has 1 aromatic rings. The first kappa shape index (κ1) is 15.7. The summed E-state index contributed by atoms with van der Waals surface area (Å²) < 4.78 is 6.43. The number of halogens is 1. The van der Waals surface area contributed by atoms with Crippen LogP contribution in [0.25, 0.3) is 0 Å². The van der Waals surface area contributed by atoms with Gasteiger partial charge in [-0.15, -0.1) is 6.58 Å². The summed E-state index contributed by atoms with van der Waals surface area (Å²) in [4.78, 5) is 13.4. The van der Waals surface area contributed by atoms with Crippen molar-refractivity contribution in [1.29, 1.82) is 0 Å². The van der Waals surface area contributed by atoms with E-state index in [1.807, 2.05) is 24.3 Å². The second kappa shape index (κ2) is 8.72. The largest absolute Gasteiger partial charge is 0.493 e. The number of amides is 1. The quantitative estimate of drug-likeness (QED) is 0.745. The smallest absolute Gasteiger partial charge is 0.226 e. The van der Waals surface area contributed by atoms with Crippen LogP contribution in [-0.4, -0.2) is 42.2 Å². The van der Waals surface area contributed by atoms with Gasteiger partial charge in [-0.05, 0) is 18.2 Å². The Bertz CT molecular complexity index is 423. The predicted molar refractivity (Wildman–Crippen MR) is 78.1 cm³/mol. The number of hydrogen-bond acceptors (Lipinski definition) is 3. The van der Waals surface area contributed by atoms with E-state index in [0.29, 0.717) is 19.7 Å². The highest BCUT2D eigenvalue weighted by Gasteiger charge is 2.11. The van der Waals surface area contributed by atoms with Crippen LogP contribution in [0.1, 0.15) is 6.42 Å². The summed E-state index contributed by atoms with van der Waals surface area (Å²) in [7, 11) is 0. The van der Waals surface area contributed by atoms with E-state index >= 15 is 0 Å². The van der Waals surface area contributed by atoms with E-state index in [9.17, 15) is 4.79 Å². The third kappa shape index (κ3) is 5.89. The Kier molecular flexibility index (Phi) is 7.22. The Morgan fingerprint density at radius 1 is 1.53 bits per heavy atom. The third-order valence-electron chi connectivity index (χ3n) is 2.45. The van der Waals surface area contributed by atoms with Crippen molar-refractivity contribution in [3.05, 3.63) is 41.4 Å². The van der Waals surface area contributed by atoms with E-state index in [4.69, 9.17) is 9.84 Å². The van der Waals surface area contributed by atoms with Crippen LogP contribution in [0.15, 0.2) is 41.4 Å². The van der Waals surface area contributed by atoms with Gasteiger partial charge in [-0.25, -0.2) is 0 Å². The van der Waals surface area contributed by atoms with E-state index in [-0.39, 0.29) is 18.9 Å². The van der Waals surface area contributed by atoms with Gasteiger partial charge in [0.25, 0.3) is 0 Å². The molecule has 0 saturated heterocycles. The van der Waals surface area contributed by atoms with E-state index in [1.165, 1.54) is 0 Å². The van der Waals surface area contributed by atoms with Gasteiger partial charge in [-0.3, -0.25) is 4.79 Å². The van der Waals surface area contributed by atoms with Crippen molar-refractivity contribution in [2.45, 2.75) is 6.42 Å². The number of benzene rings is 1. The maximum Gasteiger partial charge on any atom is 0.226 e. The topological polar surface area (TPSA) is 49.8 Å². The van der Waals surface area contributed by atoms with Gasteiger partial charge < -0.3 is 14.7 Å². The molecule has 104 valence electrons. The Balaban J connectivity index is 2.38. The van der Waals surface area contributed by atoms with Crippen LogP contribution in [-0.2, 0) is 4.79 Å². The van der Waals surface area contributed by atoms with Crippen molar-refractivity contribution in [2.24, 2.45) is 0 Å². The SMILES string of the molecule is C=CCN(CCO)C(=O)CCOc1cccc(Br)c1. The number of rotatable bonds is 8. The lowest BCUT2D eigenvalue weighted by atomic mass is 10.3. The van der Waals surface area contributed by atoms with Gasteiger partial charge in [0.1, 0.15) is 5.75 Å². The van der Waals surface area contributed by atoms with Gasteiger partial charge >= 0.3 is 0 Å². The molecule has 0 radical (unpaired) electrons. The highest BCUT2D eigenvalue weighted by atomic mass is 79.9. The number of nitrogens with zero attached hydrogens (tertiary/aromatic N) is 1. The number of aliphatic hydroxyl groups excluding tert-OH is 1. The Morgan fingerprint density at radius 3 is 2.95 bits per heavy atom. The second-order valence-corrected chi connectivity index (χ2v) is 4.82. The first-order valence-corrected chi connectivity index (χ1v) is 6.84. The molecule has 4 nitrogen and oxygen atoms in total. The molecule has 0 atom stereocenters. The number of ether oxygens (including phenoxy) is 1. The minimum Gasteiger partial charge on any atom is -0.493 e. The maximum absolute atomic E-state index is 11.9. The molecular formula is C14H18BrNO3. The zero-order chi connectivity index (χ0) is 14.1. The van der Waals surface area contributed by atoms with Crippen molar-refractivity contribution in [3.8, 4) is 5.75 Å². The molecule has 0 fully saturated rings. The lowest BCUT2D eigenvalue weighted by Gasteiger charge is -2.19. The molecule has 1 N–H and O–H groups in total. The summed E-state index contributed by atoms with van der Waals surface area (Å²) in [6.07, 6.45) is 1.92. The highest BCUT2D eigenvalue weighted by Crippen LogP contribution is 2.17. The molecule has 0 bridgehead atoms. The van der Waals surface area contributed by atoms with Crippen LogP contribution in [0.4, 0.5) is 0 Å². The first-order valence-electron chi connectivity index (χ1n) is 6.05. The number of aliphatic hydroxyl groups is 1. The summed E-state index contributed by atoms with van der Waals surface area (Å²) in [5.41, 5.74) is 0. The standard InChI is InChI=1S/C14H18BrNO3/c1-2-7-16(8-9-17)14(18)6-10-19-13-5-3-4-12(15)11-13/h2-5,11,17H,1,6-10H2. The first-order chi connectivity index (χ1) is 9.17. The Hall–Kier alpha value is -1.33. The van der Waals surface area contributed by atoms with Crippen molar-refractivity contribution >= 4 is 21.8 Å². The fraction of sp³-hybridized carbons (Fsp3) is 0.357. The summed E-state index contributed by atoms with van der Waals surface area (Å²) in [5, 5.41) is 8.88. The van der Waals surface area contributed by atoms with Gasteiger partial charge in [0.2, 0.25) is 5.91 Å². The number of carbonyl (C=O) groups excluding carboxylic acids is 1. The average Bonchev–Trinajstić information content (AvgIpc) is 2.38. The molecule has 1 aromatic carbocycles. The summed E-state index contributed by atoms with van der Waals surface area (Å²) >= 11 is 3.35. The molecule has 0 aliphatic rings. The molecular weight excluding hydrogens is 310 g/mol. The van der Waals surface area contributed by atoms with E-state index in [0.717, 1.165) is 10.2 Å². The van der Waals surface area contributed by atoms with Crippen molar-refractivity contribution < 1.29 is 14.6 Å². The van der Waals surface area contributed by atoms with Crippen LogP contribution in [0.2, 0.25) is 0 Å². The molecule has 5 heteroatoms. The molecule has 19 heavy (non-hydrogen) atoms. The fourth-order valence-electron chi connectivity index (χ4n) is 1.57. The van der Waals surface area contributed by atoms with Crippen molar-refractivity contribution in [3.63, 3.8) is 0 Å². The minimum absolute atomic E-state index is 0.0495. The van der Waals surface area contributed by atoms with E-state index < -0.39 is 0 Å². The van der Waals surface area contributed by atoms with E-state index in [1.54, 1.807) is 11.0 Å². The monoisotopic (exact) mass is 327 g/mol. The lowest BCUT2D eigenvalue weighted by Crippen LogP contribution is -2.34. The number of carbonyl (C=O) groups is 1. The zero-order valence-corrected chi connectivity index (χ0v) is 12.3. The molecule has 0 aliphatic carbocycles. The van der Waals surface area contributed by atoms with Gasteiger partial charge in [0.15, 0.2) is 0 Å². The number of hydrogen-bond donors (Lipinski definition) is 1. The predicted octanol–water partition coefficient (Wildman–Crippen LogP) is 2.22. The Labute approximate surface area is 121 Å². The maximum atomic E-state index is 11.9. The molecule has 1 amide bonds. The summed E-state index contributed by atoms with van der Waals surface area (Å²) in [5.74, 6) is 0.670. The molecule has 0 aliphatic heterocycles. The van der Waals surface area contributed by atoms with Gasteiger partial charge in [-0.1, -0.05) is 28.1 Å². The van der Waals surface area contributed by atoms with Crippen LogP contribution in [0.5, 0.6) is 5.75 Å². The second-order valence-electron chi connectivity index (χ2n) is 3.91. The van der Waals surface area contributed by atoms with Crippen molar-refractivity contribution in [2.75, 3.05) is 26.3 Å². The van der Waals surface area contributed by atoms with Gasteiger partial charge in [0.05, 0.1) is 19.6 Å². The molecule has 0 spiro atoms. The summed E-state index contributed by atoms with van der Waals surface area (Å²) in [6, 6.07) is 7.46. The minimum atomic E-state index is -0.0519.